The van der Waals surface area contributed by atoms with Gasteiger partial charge in [-0.15, -0.1) is 0 Å². The number of hydrogen-bond acceptors (Lipinski definition) is 4. The Morgan fingerprint density at radius 3 is 2.87 bits per heavy atom. The molecule has 1 rings (SSSR count). The van der Waals surface area contributed by atoms with E-state index in [9.17, 15) is 4.79 Å². The quantitative estimate of drug-likeness (QED) is 0.260. The third-order valence-electron chi connectivity index (χ3n) is 2.63. The Kier molecular flexibility index (Phi) is 3.90. The van der Waals surface area contributed by atoms with Crippen LogP contribution in [0.3, 0.4) is 0 Å². The number of amidine groups is 1. The number of nitrogens with two attached hydrogens (primary N) is 1. The molecule has 86 valence electrons. The van der Waals surface area contributed by atoms with Crippen LogP contribution < -0.4 is 11.1 Å². The standard InChI is InChI=1S/C9H17N3O3/c1-5(8(10)12-14)11-9(13)7-3-4-15-6(7)2/h5-7,14H,3-4H2,1-2H3,(H2,10,12)(H,11,13). The highest BCUT2D eigenvalue weighted by Crippen LogP contribution is 2.20. The zero-order chi connectivity index (χ0) is 11.4. The van der Waals surface area contributed by atoms with E-state index < -0.39 is 6.04 Å². The molecule has 0 aromatic heterocycles. The van der Waals surface area contributed by atoms with Gasteiger partial charge in [0.2, 0.25) is 5.91 Å². The van der Waals surface area contributed by atoms with E-state index in [0.717, 1.165) is 6.42 Å². The fourth-order valence-corrected chi connectivity index (χ4v) is 1.56. The molecule has 0 aliphatic carbocycles. The van der Waals surface area contributed by atoms with Crippen molar-refractivity contribution in [1.29, 1.82) is 0 Å². The minimum atomic E-state index is -0.463. The van der Waals surface area contributed by atoms with Crippen LogP contribution in [0, 0.1) is 5.92 Å². The van der Waals surface area contributed by atoms with Gasteiger partial charge in [-0.1, -0.05) is 5.16 Å². The topological polar surface area (TPSA) is 96.9 Å². The van der Waals surface area contributed by atoms with Crippen molar-refractivity contribution in [3.8, 4) is 0 Å². The lowest BCUT2D eigenvalue weighted by Gasteiger charge is -2.17. The highest BCUT2D eigenvalue weighted by Gasteiger charge is 2.31. The van der Waals surface area contributed by atoms with Crippen molar-refractivity contribution in [2.75, 3.05) is 6.61 Å². The minimum Gasteiger partial charge on any atom is -0.409 e. The second-order valence-electron chi connectivity index (χ2n) is 3.73. The number of oxime groups is 1. The molecule has 4 N–H and O–H groups in total. The summed E-state index contributed by atoms with van der Waals surface area (Å²) in [5.41, 5.74) is 5.35. The van der Waals surface area contributed by atoms with Crippen molar-refractivity contribution in [3.63, 3.8) is 0 Å². The Morgan fingerprint density at radius 1 is 1.73 bits per heavy atom. The van der Waals surface area contributed by atoms with Crippen LogP contribution >= 0.6 is 0 Å². The number of carbonyl (C=O) groups is 1. The van der Waals surface area contributed by atoms with Crippen LogP contribution in [0.25, 0.3) is 0 Å². The fraction of sp³-hybridized carbons (Fsp3) is 0.778. The Balaban J connectivity index is 2.48. The largest absolute Gasteiger partial charge is 0.409 e. The van der Waals surface area contributed by atoms with Gasteiger partial charge in [-0.2, -0.15) is 0 Å². The third kappa shape index (κ3) is 2.82. The normalized spacial score (nSPS) is 28.8. The highest BCUT2D eigenvalue weighted by atomic mass is 16.5. The van der Waals surface area contributed by atoms with Gasteiger partial charge in [-0.3, -0.25) is 4.79 Å². The van der Waals surface area contributed by atoms with Crippen LogP contribution in [-0.4, -0.2) is 35.7 Å². The summed E-state index contributed by atoms with van der Waals surface area (Å²) in [6.45, 7) is 4.13. The van der Waals surface area contributed by atoms with Crippen LogP contribution in [0.4, 0.5) is 0 Å². The van der Waals surface area contributed by atoms with Crippen molar-refractivity contribution in [2.24, 2.45) is 16.8 Å². The molecular formula is C9H17N3O3. The van der Waals surface area contributed by atoms with Crippen LogP contribution in [0.1, 0.15) is 20.3 Å². The van der Waals surface area contributed by atoms with Gasteiger partial charge in [0.05, 0.1) is 18.1 Å². The van der Waals surface area contributed by atoms with Crippen molar-refractivity contribution in [1.82, 2.24) is 5.32 Å². The summed E-state index contributed by atoms with van der Waals surface area (Å²) in [6.07, 6.45) is 0.653. The molecule has 0 aromatic rings. The maximum Gasteiger partial charge on any atom is 0.226 e. The summed E-state index contributed by atoms with van der Waals surface area (Å²) < 4.78 is 5.28. The summed E-state index contributed by atoms with van der Waals surface area (Å²) in [7, 11) is 0. The molecule has 1 aliphatic rings. The Labute approximate surface area is 88.5 Å². The van der Waals surface area contributed by atoms with Gasteiger partial charge < -0.3 is 21.0 Å². The second-order valence-corrected chi connectivity index (χ2v) is 3.73. The van der Waals surface area contributed by atoms with Crippen molar-refractivity contribution in [2.45, 2.75) is 32.4 Å². The zero-order valence-electron chi connectivity index (χ0n) is 8.93. The van der Waals surface area contributed by atoms with Crippen LogP contribution in [0.5, 0.6) is 0 Å². The molecule has 1 saturated heterocycles. The molecule has 15 heavy (non-hydrogen) atoms. The van der Waals surface area contributed by atoms with E-state index in [1.165, 1.54) is 0 Å². The number of hydrogen-bond donors (Lipinski definition) is 3. The molecule has 3 unspecified atom stereocenters. The lowest BCUT2D eigenvalue weighted by atomic mass is 10.0. The van der Waals surface area contributed by atoms with Gasteiger partial charge in [0.15, 0.2) is 5.84 Å². The van der Waals surface area contributed by atoms with Gasteiger partial charge in [-0.05, 0) is 20.3 Å². The van der Waals surface area contributed by atoms with Crippen molar-refractivity contribution >= 4 is 11.7 Å². The molecule has 1 heterocycles. The monoisotopic (exact) mass is 215 g/mol. The molecular weight excluding hydrogens is 198 g/mol. The number of rotatable bonds is 3. The average molecular weight is 215 g/mol. The van der Waals surface area contributed by atoms with E-state index in [2.05, 4.69) is 10.5 Å². The van der Waals surface area contributed by atoms with Crippen LogP contribution in [0.15, 0.2) is 5.16 Å². The Morgan fingerprint density at radius 2 is 2.40 bits per heavy atom. The molecule has 0 bridgehead atoms. The highest BCUT2D eigenvalue weighted by molar-refractivity contribution is 5.90. The molecule has 1 fully saturated rings. The lowest BCUT2D eigenvalue weighted by molar-refractivity contribution is -0.126. The first kappa shape index (κ1) is 11.8. The van der Waals surface area contributed by atoms with E-state index in [0.29, 0.717) is 6.61 Å². The van der Waals surface area contributed by atoms with Gasteiger partial charge in [0, 0.05) is 6.61 Å². The second kappa shape index (κ2) is 4.97. The summed E-state index contributed by atoms with van der Waals surface area (Å²) in [4.78, 5) is 11.7. The first-order chi connectivity index (χ1) is 7.06. The predicted molar refractivity (Wildman–Crippen MR) is 54.5 cm³/mol. The average Bonchev–Trinajstić information content (AvgIpc) is 2.63. The Bertz CT molecular complexity index is 267. The van der Waals surface area contributed by atoms with E-state index in [1.807, 2.05) is 6.92 Å². The summed E-state index contributed by atoms with van der Waals surface area (Å²) >= 11 is 0. The summed E-state index contributed by atoms with van der Waals surface area (Å²) in [5, 5.41) is 13.9. The number of carbonyl (C=O) groups excluding carboxylic acids is 1. The lowest BCUT2D eigenvalue weighted by Crippen LogP contribution is -2.46. The zero-order valence-corrected chi connectivity index (χ0v) is 8.93. The molecule has 6 nitrogen and oxygen atoms in total. The molecule has 1 amide bonds. The molecule has 6 heteroatoms. The maximum absolute atomic E-state index is 11.7. The molecule has 0 spiro atoms. The van der Waals surface area contributed by atoms with E-state index in [1.54, 1.807) is 6.92 Å². The predicted octanol–water partition coefficient (Wildman–Crippen LogP) is -0.337. The fourth-order valence-electron chi connectivity index (χ4n) is 1.56. The van der Waals surface area contributed by atoms with Gasteiger partial charge in [0.1, 0.15) is 0 Å². The first-order valence-electron chi connectivity index (χ1n) is 4.95. The summed E-state index contributed by atoms with van der Waals surface area (Å²) in [5.74, 6) is -0.257. The smallest absolute Gasteiger partial charge is 0.226 e. The van der Waals surface area contributed by atoms with E-state index >= 15 is 0 Å². The van der Waals surface area contributed by atoms with E-state index in [-0.39, 0.29) is 23.8 Å². The molecule has 0 aromatic carbocycles. The number of nitrogens with one attached hydrogen (secondary N) is 1. The van der Waals surface area contributed by atoms with Crippen LogP contribution in [-0.2, 0) is 9.53 Å². The van der Waals surface area contributed by atoms with Crippen molar-refractivity contribution in [3.05, 3.63) is 0 Å². The number of nitrogens with zero attached hydrogens (tertiary/aromatic N) is 1. The van der Waals surface area contributed by atoms with Crippen molar-refractivity contribution < 1.29 is 14.7 Å². The molecule has 0 radical (unpaired) electrons. The third-order valence-corrected chi connectivity index (χ3v) is 2.63. The first-order valence-corrected chi connectivity index (χ1v) is 4.95. The molecule has 1 aliphatic heterocycles. The van der Waals surface area contributed by atoms with Gasteiger partial charge in [-0.25, -0.2) is 0 Å². The van der Waals surface area contributed by atoms with Gasteiger partial charge >= 0.3 is 0 Å². The van der Waals surface area contributed by atoms with Crippen LogP contribution in [0.2, 0.25) is 0 Å². The number of ether oxygens (including phenoxy) is 1. The Hall–Kier alpha value is -1.30. The molecule has 0 saturated carbocycles. The number of amides is 1. The SMILES string of the molecule is CC(NC(=O)C1CCOC1C)C(N)=NO. The minimum absolute atomic E-state index is 0.00471. The molecule has 3 atom stereocenters. The maximum atomic E-state index is 11.7. The van der Waals surface area contributed by atoms with Gasteiger partial charge in [0.25, 0.3) is 0 Å². The van der Waals surface area contributed by atoms with E-state index in [4.69, 9.17) is 15.7 Å². The summed E-state index contributed by atoms with van der Waals surface area (Å²) in [6, 6.07) is -0.463.